The molecule has 0 amide bonds. The molecule has 11 heavy (non-hydrogen) atoms. The second kappa shape index (κ2) is 2.20. The van der Waals surface area contributed by atoms with Gasteiger partial charge in [-0.2, -0.15) is 0 Å². The van der Waals surface area contributed by atoms with Crippen molar-refractivity contribution in [2.24, 2.45) is 11.5 Å². The van der Waals surface area contributed by atoms with Crippen molar-refractivity contribution in [3.63, 3.8) is 0 Å². The van der Waals surface area contributed by atoms with Gasteiger partial charge < -0.3 is 11.5 Å². The monoisotopic (exact) mass is 154 g/mol. The normalized spacial score (nSPS) is 50.7. The molecule has 0 saturated heterocycles. The maximum absolute atomic E-state index is 6.20. The number of fused-ring (bicyclic) bond motifs is 4. The van der Waals surface area contributed by atoms with Crippen LogP contribution in [-0.2, 0) is 0 Å². The minimum Gasteiger partial charge on any atom is -0.325 e. The van der Waals surface area contributed by atoms with E-state index in [9.17, 15) is 0 Å². The maximum atomic E-state index is 6.20. The summed E-state index contributed by atoms with van der Waals surface area (Å²) in [6, 6.07) is 0. The average Bonchev–Trinajstić information content (AvgIpc) is 2.18. The van der Waals surface area contributed by atoms with Crippen molar-refractivity contribution >= 4 is 0 Å². The molecule has 3 aliphatic rings. The molecule has 2 nitrogen and oxygen atoms in total. The van der Waals surface area contributed by atoms with E-state index in [0.29, 0.717) is 0 Å². The third-order valence-corrected chi connectivity index (χ3v) is 3.59. The second-order valence-corrected chi connectivity index (χ2v) is 4.58. The molecule has 64 valence electrons. The van der Waals surface area contributed by atoms with Crippen LogP contribution in [0.25, 0.3) is 0 Å². The van der Waals surface area contributed by atoms with Gasteiger partial charge in [-0.25, -0.2) is 0 Å². The summed E-state index contributed by atoms with van der Waals surface area (Å²) >= 11 is 0. The lowest BCUT2D eigenvalue weighted by atomic mass is 9.75. The van der Waals surface area contributed by atoms with E-state index in [0.717, 1.165) is 25.7 Å². The van der Waals surface area contributed by atoms with Crippen LogP contribution in [0.2, 0.25) is 0 Å². The van der Waals surface area contributed by atoms with Crippen LogP contribution in [0, 0.1) is 0 Å². The summed E-state index contributed by atoms with van der Waals surface area (Å²) in [5.41, 5.74) is 12.7. The molecule has 0 aromatic carbocycles. The van der Waals surface area contributed by atoms with Crippen molar-refractivity contribution < 1.29 is 0 Å². The molecule has 3 aliphatic carbocycles. The molecular formula is C9H18N2. The van der Waals surface area contributed by atoms with Crippen LogP contribution in [0.5, 0.6) is 0 Å². The van der Waals surface area contributed by atoms with E-state index in [-0.39, 0.29) is 11.1 Å². The highest BCUT2D eigenvalue weighted by atomic mass is 14.8. The highest BCUT2D eigenvalue weighted by Crippen LogP contribution is 2.41. The summed E-state index contributed by atoms with van der Waals surface area (Å²) in [7, 11) is 0. The van der Waals surface area contributed by atoms with Gasteiger partial charge in [0, 0.05) is 11.1 Å². The number of rotatable bonds is 0. The average molecular weight is 154 g/mol. The topological polar surface area (TPSA) is 52.0 Å². The number of nitrogens with two attached hydrogens (primary N) is 2. The Balaban J connectivity index is 2.17. The molecule has 4 N–H and O–H groups in total. The van der Waals surface area contributed by atoms with E-state index in [2.05, 4.69) is 0 Å². The van der Waals surface area contributed by atoms with Gasteiger partial charge in [0.05, 0.1) is 0 Å². The van der Waals surface area contributed by atoms with Crippen LogP contribution in [0.3, 0.4) is 0 Å². The first-order valence-corrected chi connectivity index (χ1v) is 4.70. The fourth-order valence-electron chi connectivity index (χ4n) is 2.54. The quantitative estimate of drug-likeness (QED) is 0.549. The molecule has 3 fully saturated rings. The number of hydrogen-bond acceptors (Lipinski definition) is 2. The third-order valence-electron chi connectivity index (χ3n) is 3.59. The van der Waals surface area contributed by atoms with Gasteiger partial charge in [0.2, 0.25) is 0 Å². The van der Waals surface area contributed by atoms with Crippen LogP contribution in [0.15, 0.2) is 0 Å². The summed E-state index contributed by atoms with van der Waals surface area (Å²) in [6.07, 6.45) is 8.27. The molecule has 3 rings (SSSR count). The minimum absolute atomic E-state index is 0.166. The Bertz CT molecular complexity index is 139. The van der Waals surface area contributed by atoms with Crippen molar-refractivity contribution in [3.8, 4) is 0 Å². The smallest absolute Gasteiger partial charge is 0.0155 e. The molecule has 0 spiro atoms. The van der Waals surface area contributed by atoms with Crippen molar-refractivity contribution in [2.75, 3.05) is 0 Å². The van der Waals surface area contributed by atoms with E-state index in [4.69, 9.17) is 11.5 Å². The summed E-state index contributed by atoms with van der Waals surface area (Å²) in [6.45, 7) is 0. The Morgan fingerprint density at radius 1 is 0.636 bits per heavy atom. The molecule has 0 radical (unpaired) electrons. The van der Waals surface area contributed by atoms with E-state index in [1.54, 1.807) is 0 Å². The predicted molar refractivity (Wildman–Crippen MR) is 46.2 cm³/mol. The van der Waals surface area contributed by atoms with Gasteiger partial charge in [0.1, 0.15) is 0 Å². The lowest BCUT2D eigenvalue weighted by molar-refractivity contribution is 0.231. The Morgan fingerprint density at radius 3 is 1.36 bits per heavy atom. The third kappa shape index (κ3) is 1.30. The molecule has 0 heterocycles. The number of hydrogen-bond donors (Lipinski definition) is 2. The van der Waals surface area contributed by atoms with Gasteiger partial charge in [-0.05, 0) is 44.9 Å². The fourth-order valence-corrected chi connectivity index (χ4v) is 2.54. The Kier molecular flexibility index (Phi) is 1.52. The molecule has 0 aromatic rings. The lowest BCUT2D eigenvalue weighted by Gasteiger charge is -2.38. The van der Waals surface area contributed by atoms with Crippen LogP contribution in [0.4, 0.5) is 0 Å². The van der Waals surface area contributed by atoms with Gasteiger partial charge in [0.15, 0.2) is 0 Å². The Morgan fingerprint density at radius 2 is 1.00 bits per heavy atom. The zero-order chi connectivity index (χ0) is 7.95. The first-order chi connectivity index (χ1) is 5.12. The molecule has 3 saturated carbocycles. The Labute approximate surface area is 68.3 Å². The Hall–Kier alpha value is -0.0800. The predicted octanol–water partition coefficient (Wildman–Crippen LogP) is 1.14. The highest BCUT2D eigenvalue weighted by molar-refractivity contribution is 5.02. The van der Waals surface area contributed by atoms with Crippen LogP contribution in [-0.4, -0.2) is 11.1 Å². The molecule has 2 bridgehead atoms. The van der Waals surface area contributed by atoms with Crippen molar-refractivity contribution in [1.29, 1.82) is 0 Å². The van der Waals surface area contributed by atoms with Crippen molar-refractivity contribution in [1.82, 2.24) is 0 Å². The lowest BCUT2D eigenvalue weighted by Crippen LogP contribution is -2.49. The summed E-state index contributed by atoms with van der Waals surface area (Å²) in [5, 5.41) is 0. The molecule has 2 heteroatoms. The van der Waals surface area contributed by atoms with Crippen LogP contribution < -0.4 is 11.5 Å². The molecule has 0 aromatic heterocycles. The van der Waals surface area contributed by atoms with Crippen LogP contribution >= 0.6 is 0 Å². The largest absolute Gasteiger partial charge is 0.325 e. The van der Waals surface area contributed by atoms with E-state index in [1.807, 2.05) is 0 Å². The molecule has 0 atom stereocenters. The van der Waals surface area contributed by atoms with Crippen molar-refractivity contribution in [3.05, 3.63) is 0 Å². The van der Waals surface area contributed by atoms with Crippen LogP contribution in [0.1, 0.15) is 44.9 Å². The maximum Gasteiger partial charge on any atom is 0.0155 e. The standard InChI is InChI=1S/C9H18N2/c10-8-2-1-3-9(11,6-4-8)7-5-8/h1-7,10-11H2. The van der Waals surface area contributed by atoms with Gasteiger partial charge in [0.25, 0.3) is 0 Å². The molecule has 0 unspecified atom stereocenters. The van der Waals surface area contributed by atoms with E-state index < -0.39 is 0 Å². The van der Waals surface area contributed by atoms with E-state index >= 15 is 0 Å². The second-order valence-electron chi connectivity index (χ2n) is 4.58. The van der Waals surface area contributed by atoms with E-state index in [1.165, 1.54) is 19.3 Å². The zero-order valence-electron chi connectivity index (χ0n) is 7.10. The van der Waals surface area contributed by atoms with Gasteiger partial charge in [-0.1, -0.05) is 0 Å². The first kappa shape index (κ1) is 7.56. The van der Waals surface area contributed by atoms with Crippen molar-refractivity contribution in [2.45, 2.75) is 56.0 Å². The zero-order valence-corrected chi connectivity index (χ0v) is 7.10. The first-order valence-electron chi connectivity index (χ1n) is 4.70. The molecule has 0 aliphatic heterocycles. The van der Waals surface area contributed by atoms with Gasteiger partial charge in [-0.15, -0.1) is 0 Å². The summed E-state index contributed by atoms with van der Waals surface area (Å²) in [4.78, 5) is 0. The SMILES string of the molecule is NC12CCCC(N)(CC1)CC2. The summed E-state index contributed by atoms with van der Waals surface area (Å²) < 4.78 is 0. The minimum atomic E-state index is 0.166. The van der Waals surface area contributed by atoms with Gasteiger partial charge in [-0.3, -0.25) is 0 Å². The highest BCUT2D eigenvalue weighted by Gasteiger charge is 2.40. The summed E-state index contributed by atoms with van der Waals surface area (Å²) in [5.74, 6) is 0. The van der Waals surface area contributed by atoms with Gasteiger partial charge >= 0.3 is 0 Å². The fraction of sp³-hybridized carbons (Fsp3) is 1.00. The molecular weight excluding hydrogens is 136 g/mol.